The second-order valence-corrected chi connectivity index (χ2v) is 7.77. The van der Waals surface area contributed by atoms with Gasteiger partial charge >= 0.3 is 11.9 Å². The highest BCUT2D eigenvalue weighted by molar-refractivity contribution is 5.88. The summed E-state index contributed by atoms with van der Waals surface area (Å²) in [6, 6.07) is 7.34. The van der Waals surface area contributed by atoms with Crippen molar-refractivity contribution in [2.45, 2.75) is 50.7 Å². The van der Waals surface area contributed by atoms with Crippen molar-refractivity contribution in [3.05, 3.63) is 35.9 Å². The van der Waals surface area contributed by atoms with Crippen LogP contribution in [0.4, 0.5) is 0 Å². The maximum Gasteiger partial charge on any atom is 0.328 e. The Labute approximate surface area is 189 Å². The van der Waals surface area contributed by atoms with E-state index in [-0.39, 0.29) is 19.1 Å². The summed E-state index contributed by atoms with van der Waals surface area (Å²) in [5.74, 6) is -1.77. The summed E-state index contributed by atoms with van der Waals surface area (Å²) in [6.45, 7) is 3.32. The Kier molecular flexibility index (Phi) is 11.1. The highest BCUT2D eigenvalue weighted by Gasteiger charge is 2.37. The van der Waals surface area contributed by atoms with Crippen molar-refractivity contribution >= 4 is 17.8 Å². The van der Waals surface area contributed by atoms with Gasteiger partial charge in [0, 0.05) is 13.7 Å². The Morgan fingerprint density at radius 2 is 1.88 bits per heavy atom. The molecular weight excluding hydrogens is 416 g/mol. The van der Waals surface area contributed by atoms with Gasteiger partial charge in [-0.25, -0.2) is 4.79 Å². The van der Waals surface area contributed by atoms with Gasteiger partial charge in [0.1, 0.15) is 18.7 Å². The number of carboxylic acids is 1. The van der Waals surface area contributed by atoms with Crippen LogP contribution in [0.3, 0.4) is 0 Å². The van der Waals surface area contributed by atoms with E-state index in [0.29, 0.717) is 45.4 Å². The van der Waals surface area contributed by atoms with Crippen LogP contribution >= 0.6 is 0 Å². The molecule has 0 spiro atoms. The van der Waals surface area contributed by atoms with Gasteiger partial charge in [-0.2, -0.15) is 0 Å². The van der Waals surface area contributed by atoms with Gasteiger partial charge in [0.2, 0.25) is 5.91 Å². The fourth-order valence-corrected chi connectivity index (χ4v) is 3.67. The molecule has 1 aliphatic rings. The number of esters is 1. The molecule has 0 aliphatic carbocycles. The predicted molar refractivity (Wildman–Crippen MR) is 117 cm³/mol. The average molecular weight is 451 g/mol. The number of ether oxygens (including phenoxy) is 3. The Balaban J connectivity index is 1.84. The van der Waals surface area contributed by atoms with Gasteiger partial charge in [-0.1, -0.05) is 30.3 Å². The molecule has 9 nitrogen and oxygen atoms in total. The van der Waals surface area contributed by atoms with Crippen molar-refractivity contribution in [1.82, 2.24) is 10.2 Å². The van der Waals surface area contributed by atoms with E-state index in [1.807, 2.05) is 30.3 Å². The lowest BCUT2D eigenvalue weighted by Crippen LogP contribution is -2.53. The first-order valence-corrected chi connectivity index (χ1v) is 11.0. The normalized spacial score (nSPS) is 17.7. The first-order valence-electron chi connectivity index (χ1n) is 11.0. The van der Waals surface area contributed by atoms with Gasteiger partial charge in [-0.15, -0.1) is 0 Å². The first kappa shape index (κ1) is 25.8. The van der Waals surface area contributed by atoms with Crippen molar-refractivity contribution < 1.29 is 33.7 Å². The molecule has 1 saturated heterocycles. The molecule has 1 aromatic rings. The molecule has 0 saturated carbocycles. The molecule has 1 heterocycles. The standard InChI is InChI=1S/C23H34N2O7/c1-17(24-19(22(27)28)11-10-18-7-4-3-5-8-18)21(26)25-12-6-9-20(25)23(29)32-16-15-31-14-13-30-2/h3-5,7-8,17,19-20,24H,6,9-16H2,1-2H3,(H,27,28)/t17-,19-,20-/m0/s1. The molecule has 0 aromatic heterocycles. The summed E-state index contributed by atoms with van der Waals surface area (Å²) in [6.07, 6.45) is 2.15. The summed E-state index contributed by atoms with van der Waals surface area (Å²) in [7, 11) is 1.58. The molecule has 0 unspecified atom stereocenters. The third kappa shape index (κ3) is 8.22. The van der Waals surface area contributed by atoms with Crippen molar-refractivity contribution in [3.8, 4) is 0 Å². The maximum absolute atomic E-state index is 13.0. The van der Waals surface area contributed by atoms with Gasteiger partial charge in [0.05, 0.1) is 25.9 Å². The molecule has 3 atom stereocenters. The summed E-state index contributed by atoms with van der Waals surface area (Å²) >= 11 is 0. The Hall–Kier alpha value is -2.49. The summed E-state index contributed by atoms with van der Waals surface area (Å²) in [5, 5.41) is 12.5. The molecular formula is C23H34N2O7. The van der Waals surface area contributed by atoms with Crippen LogP contribution in [-0.2, 0) is 35.0 Å². The second-order valence-electron chi connectivity index (χ2n) is 7.77. The lowest BCUT2D eigenvalue weighted by atomic mass is 10.0. The monoisotopic (exact) mass is 450 g/mol. The van der Waals surface area contributed by atoms with Crippen molar-refractivity contribution in [3.63, 3.8) is 0 Å². The van der Waals surface area contributed by atoms with Crippen molar-refractivity contribution in [1.29, 1.82) is 0 Å². The number of benzene rings is 1. The van der Waals surface area contributed by atoms with Crippen LogP contribution in [0.1, 0.15) is 31.7 Å². The van der Waals surface area contributed by atoms with E-state index in [2.05, 4.69) is 5.32 Å². The second kappa shape index (κ2) is 13.8. The Bertz CT molecular complexity index is 728. The number of hydrogen-bond donors (Lipinski definition) is 2. The lowest BCUT2D eigenvalue weighted by Gasteiger charge is -2.28. The largest absolute Gasteiger partial charge is 0.480 e. The highest BCUT2D eigenvalue weighted by atomic mass is 16.6. The number of likely N-dealkylation sites (tertiary alicyclic amines) is 1. The van der Waals surface area contributed by atoms with Gasteiger partial charge in [0.25, 0.3) is 0 Å². The van der Waals surface area contributed by atoms with E-state index in [9.17, 15) is 19.5 Å². The highest BCUT2D eigenvalue weighted by Crippen LogP contribution is 2.20. The molecule has 0 bridgehead atoms. The minimum Gasteiger partial charge on any atom is -0.480 e. The lowest BCUT2D eigenvalue weighted by molar-refractivity contribution is -0.155. The zero-order chi connectivity index (χ0) is 23.3. The predicted octanol–water partition coefficient (Wildman–Crippen LogP) is 1.25. The number of aryl methyl sites for hydroxylation is 1. The zero-order valence-electron chi connectivity index (χ0n) is 18.8. The van der Waals surface area contributed by atoms with E-state index < -0.39 is 30.1 Å². The van der Waals surface area contributed by atoms with Crippen LogP contribution in [0.5, 0.6) is 0 Å². The molecule has 1 aliphatic heterocycles. The first-order chi connectivity index (χ1) is 15.4. The number of rotatable bonds is 14. The number of hydrogen-bond acceptors (Lipinski definition) is 7. The number of nitrogens with zero attached hydrogens (tertiary/aromatic N) is 1. The van der Waals surface area contributed by atoms with Crippen molar-refractivity contribution in [2.24, 2.45) is 0 Å². The van der Waals surface area contributed by atoms with Crippen LogP contribution in [-0.4, -0.2) is 86.1 Å². The van der Waals surface area contributed by atoms with E-state index in [4.69, 9.17) is 14.2 Å². The van der Waals surface area contributed by atoms with E-state index in [1.54, 1.807) is 14.0 Å². The third-order valence-corrected chi connectivity index (χ3v) is 5.40. The third-order valence-electron chi connectivity index (χ3n) is 5.40. The summed E-state index contributed by atoms with van der Waals surface area (Å²) in [5.41, 5.74) is 1.04. The van der Waals surface area contributed by atoms with Crippen LogP contribution in [0.15, 0.2) is 30.3 Å². The van der Waals surface area contributed by atoms with Gasteiger partial charge in [-0.05, 0) is 38.2 Å². The topological polar surface area (TPSA) is 114 Å². The van der Waals surface area contributed by atoms with Gasteiger partial charge < -0.3 is 24.2 Å². The van der Waals surface area contributed by atoms with Crippen LogP contribution in [0, 0.1) is 0 Å². The number of nitrogens with one attached hydrogen (secondary N) is 1. The molecule has 9 heteroatoms. The quantitative estimate of drug-likeness (QED) is 0.322. The maximum atomic E-state index is 13.0. The van der Waals surface area contributed by atoms with Crippen LogP contribution in [0.2, 0.25) is 0 Å². The van der Waals surface area contributed by atoms with Gasteiger partial charge in [-0.3, -0.25) is 14.9 Å². The Morgan fingerprint density at radius 3 is 2.56 bits per heavy atom. The molecule has 0 radical (unpaired) electrons. The number of carboxylic acid groups (broad SMARTS) is 1. The number of methoxy groups -OCH3 is 1. The fourth-order valence-electron chi connectivity index (χ4n) is 3.67. The molecule has 32 heavy (non-hydrogen) atoms. The smallest absolute Gasteiger partial charge is 0.328 e. The average Bonchev–Trinajstić information content (AvgIpc) is 3.28. The SMILES string of the molecule is COCCOCCOC(=O)[C@@H]1CCCN1C(=O)[C@H](C)N[C@@H](CCc1ccccc1)C(=O)O. The molecule has 1 amide bonds. The number of carbonyl (C=O) groups excluding carboxylic acids is 2. The minimum absolute atomic E-state index is 0.107. The summed E-state index contributed by atoms with van der Waals surface area (Å²) < 4.78 is 15.4. The molecule has 2 N–H and O–H groups in total. The van der Waals surface area contributed by atoms with Gasteiger partial charge in [0.15, 0.2) is 0 Å². The van der Waals surface area contributed by atoms with E-state index >= 15 is 0 Å². The molecule has 1 fully saturated rings. The molecule has 1 aromatic carbocycles. The number of carbonyl (C=O) groups is 3. The Morgan fingerprint density at radius 1 is 1.16 bits per heavy atom. The molecule has 2 rings (SSSR count). The fraction of sp³-hybridized carbons (Fsp3) is 0.609. The zero-order valence-corrected chi connectivity index (χ0v) is 18.8. The number of aliphatic carboxylic acids is 1. The summed E-state index contributed by atoms with van der Waals surface area (Å²) in [4.78, 5) is 38.6. The molecule has 178 valence electrons. The number of amides is 1. The minimum atomic E-state index is -1.01. The van der Waals surface area contributed by atoms with E-state index in [0.717, 1.165) is 5.56 Å². The van der Waals surface area contributed by atoms with Crippen LogP contribution < -0.4 is 5.32 Å². The van der Waals surface area contributed by atoms with E-state index in [1.165, 1.54) is 4.90 Å². The van der Waals surface area contributed by atoms with Crippen molar-refractivity contribution in [2.75, 3.05) is 40.1 Å². The van der Waals surface area contributed by atoms with Crippen LogP contribution in [0.25, 0.3) is 0 Å².